The van der Waals surface area contributed by atoms with Crippen LogP contribution in [0.5, 0.6) is 0 Å². The first-order valence-corrected chi connectivity index (χ1v) is 24.2. The van der Waals surface area contributed by atoms with Gasteiger partial charge in [-0.1, -0.05) is 12.8 Å². The molecule has 0 aromatic heterocycles. The number of hydrogen-bond acceptors (Lipinski definition) is 25. The van der Waals surface area contributed by atoms with Crippen LogP contribution in [0, 0.1) is 0 Å². The molecule has 0 saturated heterocycles. The molecule has 0 aliphatic rings. The fourth-order valence-electron chi connectivity index (χ4n) is 3.73. The lowest BCUT2D eigenvalue weighted by atomic mass is 10.2. The van der Waals surface area contributed by atoms with Crippen molar-refractivity contribution in [3.63, 3.8) is 0 Å². The van der Waals surface area contributed by atoms with Crippen molar-refractivity contribution in [3.8, 4) is 0 Å². The summed E-state index contributed by atoms with van der Waals surface area (Å²) in [5.74, 6) is -14.5. The standard InChI is InChI=1S/C9H16O5.C8H14O7.C8H14O5.2C6H10O6.C5H8O5.C4H6O5/c1-7(9(12)13)14-6-4-2-3-5-8(10)11;9-7(10)5-14-3-1-13-2-4-15-6-8(11)12;9-7(10)4-2-1-3-5-13-6-8(11)12;2*7-5(8)3-11-1-2-12-4-6(9)10;1-3(5(8)9)10-2-4(6)7;5-3(6)1-9-2-4(7)8/h7H,2-6H2,1H3,(H,10,11)(H,12,13);1-6H2,(H,9,10)(H,11,12);1-6H2,(H,9,10)(H,11,12);2*1-4H2,(H,7,8)(H,9,10);3H,2H2,1H3,(H,6,7)(H,8,9);1-2H2,(H,5,6)(H,7,8). The Labute approximate surface area is 483 Å². The van der Waals surface area contributed by atoms with E-state index < -0.39 is 142 Å². The van der Waals surface area contributed by atoms with Crippen molar-refractivity contribution >= 4 is 83.6 Å². The van der Waals surface area contributed by atoms with E-state index >= 15 is 0 Å². The number of aliphatic carboxylic acids is 14. The number of rotatable bonds is 48. The first-order chi connectivity index (χ1) is 39.7. The van der Waals surface area contributed by atoms with E-state index in [1.165, 1.54) is 13.8 Å². The number of carboxylic acid groups (broad SMARTS) is 14. The topological polar surface area (TPSA) is 624 Å². The van der Waals surface area contributed by atoms with E-state index in [4.69, 9.17) is 85.7 Å². The summed E-state index contributed by atoms with van der Waals surface area (Å²) >= 11 is 0. The number of hydrogen-bond donors (Lipinski definition) is 14. The lowest BCUT2D eigenvalue weighted by Crippen LogP contribution is -2.23. The molecular weight excluding hydrogens is 1180 g/mol. The second-order valence-corrected chi connectivity index (χ2v) is 15.0. The molecule has 0 spiro atoms. The normalized spacial score (nSPS) is 10.5. The summed E-state index contributed by atoms with van der Waals surface area (Å²) in [4.78, 5) is 139. The number of ether oxygens (including phenoxy) is 11. The predicted octanol–water partition coefficient (Wildman–Crippen LogP) is -1.83. The van der Waals surface area contributed by atoms with Gasteiger partial charge >= 0.3 is 83.6 Å². The van der Waals surface area contributed by atoms with Crippen LogP contribution in [-0.2, 0) is 119 Å². The van der Waals surface area contributed by atoms with Crippen LogP contribution in [0.1, 0.15) is 65.2 Å². The lowest BCUT2D eigenvalue weighted by molar-refractivity contribution is -0.155. The van der Waals surface area contributed by atoms with E-state index in [0.29, 0.717) is 38.9 Å². The minimum absolute atomic E-state index is 0.0829. The van der Waals surface area contributed by atoms with Gasteiger partial charge in [-0.2, -0.15) is 0 Å². The van der Waals surface area contributed by atoms with Gasteiger partial charge in [0.25, 0.3) is 0 Å². The van der Waals surface area contributed by atoms with Crippen LogP contribution in [-0.4, -0.2) is 299 Å². The van der Waals surface area contributed by atoms with E-state index in [0.717, 1.165) is 12.8 Å². The molecule has 2 atom stereocenters. The van der Waals surface area contributed by atoms with Crippen molar-refractivity contribution < 1.29 is 191 Å². The van der Waals surface area contributed by atoms with Gasteiger partial charge in [0, 0.05) is 26.1 Å². The van der Waals surface area contributed by atoms with Crippen LogP contribution < -0.4 is 0 Å². The van der Waals surface area contributed by atoms with Gasteiger partial charge in [0.1, 0.15) is 66.1 Å². The summed E-state index contributed by atoms with van der Waals surface area (Å²) in [6, 6.07) is 0. The van der Waals surface area contributed by atoms with Crippen molar-refractivity contribution in [1.29, 1.82) is 0 Å². The molecule has 0 aliphatic heterocycles. The van der Waals surface area contributed by atoms with E-state index in [2.05, 4.69) is 37.9 Å². The maximum absolute atomic E-state index is 10.3. The first-order valence-electron chi connectivity index (χ1n) is 24.2. The monoisotopic (exact) mass is 1250 g/mol. The van der Waals surface area contributed by atoms with Crippen molar-refractivity contribution in [2.45, 2.75) is 77.4 Å². The lowest BCUT2D eigenvalue weighted by Gasteiger charge is -2.07. The molecule has 39 nitrogen and oxygen atoms in total. The summed E-state index contributed by atoms with van der Waals surface area (Å²) in [6.07, 6.45) is 2.63. The highest BCUT2D eigenvalue weighted by molar-refractivity contribution is 5.74. The van der Waals surface area contributed by atoms with E-state index in [9.17, 15) is 67.1 Å². The SMILES string of the molecule is CC(OCC(=O)O)C(=O)O.CC(OCCCCCC(=O)O)C(=O)O.O=C(O)CCCCCOCC(=O)O.O=C(O)COCC(=O)O.O=C(O)COCCOCC(=O)O.O=C(O)COCCOCC(=O)O.O=C(O)COCCOCCOCC(=O)O. The molecule has 14 N–H and O–H groups in total. The molecule has 85 heavy (non-hydrogen) atoms. The third-order valence-electron chi connectivity index (χ3n) is 7.25. The van der Waals surface area contributed by atoms with Crippen molar-refractivity contribution in [2.24, 2.45) is 0 Å². The highest BCUT2D eigenvalue weighted by Gasteiger charge is 2.12. The number of unbranched alkanes of at least 4 members (excludes halogenated alkanes) is 4. The van der Waals surface area contributed by atoms with Gasteiger partial charge in [-0.25, -0.2) is 57.5 Å². The van der Waals surface area contributed by atoms with E-state index in [1.807, 2.05) is 0 Å². The number of carboxylic acids is 14. The molecular formula is C46H78O39. The maximum Gasteiger partial charge on any atom is 0.332 e. The van der Waals surface area contributed by atoms with E-state index in [1.54, 1.807) is 0 Å². The van der Waals surface area contributed by atoms with Crippen LogP contribution in [0.3, 0.4) is 0 Å². The molecule has 0 rings (SSSR count). The Kier molecular flexibility index (Phi) is 73.4. The molecule has 0 heterocycles. The Bertz CT molecular complexity index is 1710. The van der Waals surface area contributed by atoms with Gasteiger partial charge in [-0.15, -0.1) is 0 Å². The minimum Gasteiger partial charge on any atom is -0.481 e. The minimum atomic E-state index is -1.17. The molecule has 0 aromatic rings. The second-order valence-electron chi connectivity index (χ2n) is 15.0. The van der Waals surface area contributed by atoms with Gasteiger partial charge in [0.2, 0.25) is 0 Å². The molecule has 0 aliphatic carbocycles. The average Bonchev–Trinajstić information content (AvgIpc) is 3.38. The molecule has 0 saturated carbocycles. The predicted molar refractivity (Wildman–Crippen MR) is 272 cm³/mol. The molecule has 39 heteroatoms. The third-order valence-corrected chi connectivity index (χ3v) is 7.25. The zero-order valence-electron chi connectivity index (χ0n) is 46.4. The number of carbonyl (C=O) groups is 14. The maximum atomic E-state index is 10.3. The van der Waals surface area contributed by atoms with Crippen LogP contribution in [0.25, 0.3) is 0 Å². The summed E-state index contributed by atoms with van der Waals surface area (Å²) in [7, 11) is 0. The summed E-state index contributed by atoms with van der Waals surface area (Å²) < 4.78 is 50.8. The zero-order chi connectivity index (χ0) is 66.8. The van der Waals surface area contributed by atoms with Crippen molar-refractivity contribution in [1.82, 2.24) is 0 Å². The van der Waals surface area contributed by atoms with Crippen molar-refractivity contribution in [2.75, 3.05) is 132 Å². The van der Waals surface area contributed by atoms with Gasteiger partial charge in [-0.3, -0.25) is 9.59 Å². The summed E-state index contributed by atoms with van der Waals surface area (Å²) in [6.45, 7) is 0.453. The van der Waals surface area contributed by atoms with Crippen LogP contribution in [0.4, 0.5) is 0 Å². The molecule has 496 valence electrons. The Morgan fingerprint density at radius 3 is 0.671 bits per heavy atom. The molecule has 0 fully saturated rings. The molecule has 0 bridgehead atoms. The smallest absolute Gasteiger partial charge is 0.332 e. The van der Waals surface area contributed by atoms with Crippen LogP contribution in [0.2, 0.25) is 0 Å². The second kappa shape index (κ2) is 68.6. The fourth-order valence-corrected chi connectivity index (χ4v) is 3.73. The average molecular weight is 1260 g/mol. The summed E-state index contributed by atoms with van der Waals surface area (Å²) in [5.41, 5.74) is 0. The Morgan fingerprint density at radius 2 is 0.435 bits per heavy atom. The molecule has 0 radical (unpaired) electrons. The highest BCUT2D eigenvalue weighted by Crippen LogP contribution is 2.02. The summed E-state index contributed by atoms with van der Waals surface area (Å²) in [5, 5.41) is 114. The highest BCUT2D eigenvalue weighted by atomic mass is 16.6. The van der Waals surface area contributed by atoms with Crippen molar-refractivity contribution in [3.05, 3.63) is 0 Å². The fraction of sp³-hybridized carbons (Fsp3) is 0.696. The van der Waals surface area contributed by atoms with Gasteiger partial charge in [-0.05, 0) is 39.5 Å². The Hall–Kier alpha value is -7.86. The molecule has 0 aromatic carbocycles. The first kappa shape index (κ1) is 90.9. The van der Waals surface area contributed by atoms with Gasteiger partial charge in [0.05, 0.1) is 52.9 Å². The zero-order valence-corrected chi connectivity index (χ0v) is 46.4. The largest absolute Gasteiger partial charge is 0.481 e. The Balaban J connectivity index is -0.000000168. The van der Waals surface area contributed by atoms with Crippen LogP contribution in [0.15, 0.2) is 0 Å². The van der Waals surface area contributed by atoms with E-state index in [-0.39, 0.29) is 85.5 Å². The molecule has 2 unspecified atom stereocenters. The van der Waals surface area contributed by atoms with Crippen LogP contribution >= 0.6 is 0 Å². The van der Waals surface area contributed by atoms with Gasteiger partial charge < -0.3 is 124 Å². The molecule has 0 amide bonds. The van der Waals surface area contributed by atoms with Gasteiger partial charge in [0.15, 0.2) is 12.2 Å². The third kappa shape index (κ3) is 116. The quantitative estimate of drug-likeness (QED) is 0.0298. The Morgan fingerprint density at radius 1 is 0.224 bits per heavy atom.